The molecule has 1 aromatic carbocycles. The Morgan fingerprint density at radius 3 is 2.10 bits per heavy atom. The average molecular weight is 285 g/mol. The largest absolute Gasteiger partial charge is 0.469 e. The molecule has 1 unspecified atom stereocenters. The smallest absolute Gasteiger partial charge is 0.101 e. The van der Waals surface area contributed by atoms with Crippen molar-refractivity contribution < 1.29 is 4.42 Å². The van der Waals surface area contributed by atoms with Gasteiger partial charge in [0.2, 0.25) is 0 Å². The van der Waals surface area contributed by atoms with Crippen LogP contribution in [0.15, 0.2) is 34.9 Å². The van der Waals surface area contributed by atoms with Crippen molar-refractivity contribution >= 4 is 0 Å². The zero-order valence-electron chi connectivity index (χ0n) is 14.0. The van der Waals surface area contributed by atoms with E-state index in [4.69, 9.17) is 4.42 Å². The van der Waals surface area contributed by atoms with Crippen LogP contribution in [0.25, 0.3) is 0 Å². The molecule has 0 amide bonds. The molecule has 1 N–H and O–H groups in total. The summed E-state index contributed by atoms with van der Waals surface area (Å²) in [6, 6.07) is 9.18. The molecule has 0 aliphatic rings. The van der Waals surface area contributed by atoms with Crippen LogP contribution in [-0.2, 0) is 0 Å². The third-order valence-corrected chi connectivity index (χ3v) is 4.08. The highest BCUT2D eigenvalue weighted by molar-refractivity contribution is 5.41. The van der Waals surface area contributed by atoms with Crippen LogP contribution >= 0.6 is 0 Å². The summed E-state index contributed by atoms with van der Waals surface area (Å²) in [5.74, 6) is 2.01. The van der Waals surface area contributed by atoms with E-state index in [1.54, 1.807) is 0 Å². The molecular formula is C19H27NO. The first kappa shape index (κ1) is 15.8. The van der Waals surface area contributed by atoms with E-state index in [2.05, 4.69) is 57.3 Å². The third-order valence-electron chi connectivity index (χ3n) is 4.08. The topological polar surface area (TPSA) is 25.2 Å². The van der Waals surface area contributed by atoms with Gasteiger partial charge in [-0.05, 0) is 48.6 Å². The van der Waals surface area contributed by atoms with Gasteiger partial charge >= 0.3 is 0 Å². The van der Waals surface area contributed by atoms with Crippen LogP contribution in [0.4, 0.5) is 0 Å². The van der Waals surface area contributed by atoms with E-state index >= 15 is 0 Å². The van der Waals surface area contributed by atoms with Gasteiger partial charge in [-0.3, -0.25) is 0 Å². The molecule has 2 rings (SSSR count). The molecule has 2 aromatic rings. The van der Waals surface area contributed by atoms with Crippen LogP contribution in [0.5, 0.6) is 0 Å². The van der Waals surface area contributed by atoms with Crippen molar-refractivity contribution in [1.82, 2.24) is 5.32 Å². The van der Waals surface area contributed by atoms with E-state index in [-0.39, 0.29) is 6.04 Å². The maximum atomic E-state index is 5.49. The molecule has 0 bridgehead atoms. The predicted octanol–water partition coefficient (Wildman–Crippen LogP) is 5.14. The Balaban J connectivity index is 2.50. The third kappa shape index (κ3) is 3.38. The average Bonchev–Trinajstić information content (AvgIpc) is 2.86. The van der Waals surface area contributed by atoms with Gasteiger partial charge in [0.25, 0.3) is 0 Å². The van der Waals surface area contributed by atoms with Crippen LogP contribution in [0.2, 0.25) is 0 Å². The van der Waals surface area contributed by atoms with Crippen molar-refractivity contribution in [2.45, 2.75) is 52.5 Å². The van der Waals surface area contributed by atoms with Crippen molar-refractivity contribution in [3.63, 3.8) is 0 Å². The number of aryl methyl sites for hydroxylation is 1. The zero-order chi connectivity index (χ0) is 15.6. The Bertz CT molecular complexity index is 595. The van der Waals surface area contributed by atoms with Crippen LogP contribution in [0, 0.1) is 6.92 Å². The van der Waals surface area contributed by atoms with Crippen LogP contribution in [0.1, 0.15) is 73.6 Å². The Kier molecular flexibility index (Phi) is 4.89. The number of furan rings is 1. The molecule has 0 saturated heterocycles. The SMILES string of the molecule is CNC(c1coc(C)c1)c1ccc(C(C)C)cc1C(C)C. The molecule has 1 atom stereocenters. The van der Waals surface area contributed by atoms with Gasteiger partial charge in [0.05, 0.1) is 12.3 Å². The van der Waals surface area contributed by atoms with Crippen molar-refractivity contribution in [3.05, 3.63) is 58.5 Å². The van der Waals surface area contributed by atoms with Gasteiger partial charge in [0.15, 0.2) is 0 Å². The molecule has 0 saturated carbocycles. The summed E-state index contributed by atoms with van der Waals surface area (Å²) >= 11 is 0. The van der Waals surface area contributed by atoms with Crippen LogP contribution in [-0.4, -0.2) is 7.05 Å². The molecule has 0 fully saturated rings. The highest BCUT2D eigenvalue weighted by atomic mass is 16.3. The Labute approximate surface area is 128 Å². The zero-order valence-corrected chi connectivity index (χ0v) is 14.0. The first-order chi connectivity index (χ1) is 9.93. The lowest BCUT2D eigenvalue weighted by Gasteiger charge is -2.22. The molecule has 0 aliphatic carbocycles. The molecule has 1 heterocycles. The van der Waals surface area contributed by atoms with Crippen molar-refractivity contribution in [2.24, 2.45) is 0 Å². The van der Waals surface area contributed by atoms with Gasteiger partial charge in [-0.15, -0.1) is 0 Å². The van der Waals surface area contributed by atoms with Crippen molar-refractivity contribution in [3.8, 4) is 0 Å². The van der Waals surface area contributed by atoms with Gasteiger partial charge in [-0.25, -0.2) is 0 Å². The van der Waals surface area contributed by atoms with Gasteiger partial charge in [-0.2, -0.15) is 0 Å². The molecule has 114 valence electrons. The highest BCUT2D eigenvalue weighted by Gasteiger charge is 2.19. The fourth-order valence-corrected chi connectivity index (χ4v) is 2.83. The lowest BCUT2D eigenvalue weighted by molar-refractivity contribution is 0.527. The number of benzene rings is 1. The molecule has 0 aliphatic heterocycles. The van der Waals surface area contributed by atoms with E-state index in [0.717, 1.165) is 5.76 Å². The minimum absolute atomic E-state index is 0.182. The monoisotopic (exact) mass is 285 g/mol. The Morgan fingerprint density at radius 1 is 0.905 bits per heavy atom. The fraction of sp³-hybridized carbons (Fsp3) is 0.474. The van der Waals surface area contributed by atoms with E-state index in [9.17, 15) is 0 Å². The number of hydrogen-bond donors (Lipinski definition) is 1. The molecule has 0 spiro atoms. The van der Waals surface area contributed by atoms with E-state index in [1.807, 2.05) is 20.2 Å². The second kappa shape index (κ2) is 6.48. The molecule has 1 aromatic heterocycles. The minimum Gasteiger partial charge on any atom is -0.469 e. The normalized spacial score (nSPS) is 13.1. The minimum atomic E-state index is 0.182. The number of hydrogen-bond acceptors (Lipinski definition) is 2. The number of nitrogens with one attached hydrogen (secondary N) is 1. The summed E-state index contributed by atoms with van der Waals surface area (Å²) in [6.07, 6.45) is 1.86. The van der Waals surface area contributed by atoms with Gasteiger partial charge in [0, 0.05) is 5.56 Å². The predicted molar refractivity (Wildman–Crippen MR) is 89.0 cm³/mol. The molecule has 0 radical (unpaired) electrons. The fourth-order valence-electron chi connectivity index (χ4n) is 2.83. The molecule has 2 nitrogen and oxygen atoms in total. The first-order valence-electron chi connectivity index (χ1n) is 7.80. The quantitative estimate of drug-likeness (QED) is 0.822. The Hall–Kier alpha value is -1.54. The highest BCUT2D eigenvalue weighted by Crippen LogP contribution is 2.32. The van der Waals surface area contributed by atoms with E-state index < -0.39 is 0 Å². The van der Waals surface area contributed by atoms with E-state index in [1.165, 1.54) is 22.3 Å². The maximum Gasteiger partial charge on any atom is 0.101 e. The van der Waals surface area contributed by atoms with Crippen LogP contribution in [0.3, 0.4) is 0 Å². The van der Waals surface area contributed by atoms with Gasteiger partial charge < -0.3 is 9.73 Å². The number of rotatable bonds is 5. The molecular weight excluding hydrogens is 258 g/mol. The summed E-state index contributed by atoms with van der Waals surface area (Å²) in [4.78, 5) is 0. The maximum absolute atomic E-state index is 5.49. The standard InChI is InChI=1S/C19H27NO/c1-12(2)15-7-8-17(18(10-15)13(3)4)19(20-6)16-9-14(5)21-11-16/h7-13,19-20H,1-6H3. The summed E-state index contributed by atoms with van der Waals surface area (Å²) in [6.45, 7) is 11.0. The molecule has 21 heavy (non-hydrogen) atoms. The van der Waals surface area contributed by atoms with Crippen molar-refractivity contribution in [2.75, 3.05) is 7.05 Å². The van der Waals surface area contributed by atoms with E-state index in [0.29, 0.717) is 11.8 Å². The van der Waals surface area contributed by atoms with Gasteiger partial charge in [-0.1, -0.05) is 45.9 Å². The summed E-state index contributed by atoms with van der Waals surface area (Å²) in [5.41, 5.74) is 5.35. The van der Waals surface area contributed by atoms with Gasteiger partial charge in [0.1, 0.15) is 5.76 Å². The lowest BCUT2D eigenvalue weighted by Crippen LogP contribution is -2.19. The summed E-state index contributed by atoms with van der Waals surface area (Å²) in [5, 5.41) is 3.43. The first-order valence-corrected chi connectivity index (χ1v) is 7.80. The lowest BCUT2D eigenvalue weighted by atomic mass is 9.87. The second-order valence-electron chi connectivity index (χ2n) is 6.41. The summed E-state index contributed by atoms with van der Waals surface area (Å²) < 4.78 is 5.49. The Morgan fingerprint density at radius 2 is 1.62 bits per heavy atom. The van der Waals surface area contributed by atoms with Crippen LogP contribution < -0.4 is 5.32 Å². The summed E-state index contributed by atoms with van der Waals surface area (Å²) in [7, 11) is 2.01. The molecule has 2 heteroatoms. The van der Waals surface area contributed by atoms with Crippen molar-refractivity contribution in [1.29, 1.82) is 0 Å². The second-order valence-corrected chi connectivity index (χ2v) is 6.41.